The third-order valence-corrected chi connectivity index (χ3v) is 3.93. The van der Waals surface area contributed by atoms with E-state index in [0.717, 1.165) is 26.1 Å². The van der Waals surface area contributed by atoms with Gasteiger partial charge < -0.3 is 4.74 Å². The summed E-state index contributed by atoms with van der Waals surface area (Å²) in [5, 5.41) is 4.16. The first-order valence-electron chi connectivity index (χ1n) is 6.17. The van der Waals surface area contributed by atoms with Crippen LogP contribution in [0.3, 0.4) is 0 Å². The van der Waals surface area contributed by atoms with Crippen LogP contribution in [0, 0.1) is 0 Å². The second kappa shape index (κ2) is 6.28. The summed E-state index contributed by atoms with van der Waals surface area (Å²) < 4.78 is 5.55. The molecule has 4 heteroatoms. The first kappa shape index (κ1) is 12.7. The van der Waals surface area contributed by atoms with Gasteiger partial charge in [0, 0.05) is 19.5 Å². The maximum absolute atomic E-state index is 12.0. The normalized spacial score (nSPS) is 21.6. The minimum absolute atomic E-state index is 0.206. The Morgan fingerprint density at radius 1 is 1.65 bits per heavy atom. The van der Waals surface area contributed by atoms with Gasteiger partial charge in [0.15, 0.2) is 5.78 Å². The molecule has 0 amide bonds. The lowest BCUT2D eigenvalue weighted by atomic mass is 10.1. The van der Waals surface area contributed by atoms with E-state index >= 15 is 0 Å². The SMILES string of the molecule is CCN1CCOC(C(=O)CCc2ccsc2)C1. The molecular formula is C13H19NO2S. The minimum Gasteiger partial charge on any atom is -0.368 e. The predicted molar refractivity (Wildman–Crippen MR) is 69.5 cm³/mol. The second-order valence-electron chi connectivity index (χ2n) is 4.35. The third kappa shape index (κ3) is 3.63. The summed E-state index contributed by atoms with van der Waals surface area (Å²) in [5.41, 5.74) is 1.26. The van der Waals surface area contributed by atoms with E-state index in [1.54, 1.807) is 11.3 Å². The summed E-state index contributed by atoms with van der Waals surface area (Å²) in [4.78, 5) is 14.3. The van der Waals surface area contributed by atoms with Crippen molar-refractivity contribution in [1.29, 1.82) is 0 Å². The van der Waals surface area contributed by atoms with Crippen LogP contribution < -0.4 is 0 Å². The molecule has 2 rings (SSSR count). The number of Topliss-reactive ketones (excluding diaryl/α,β-unsaturated/α-hetero) is 1. The van der Waals surface area contributed by atoms with Gasteiger partial charge in [-0.3, -0.25) is 9.69 Å². The Bertz CT molecular complexity index is 350. The Kier molecular flexibility index (Phi) is 4.71. The lowest BCUT2D eigenvalue weighted by Gasteiger charge is -2.31. The van der Waals surface area contributed by atoms with Crippen molar-refractivity contribution in [3.05, 3.63) is 22.4 Å². The molecule has 0 saturated carbocycles. The van der Waals surface area contributed by atoms with Crippen molar-refractivity contribution < 1.29 is 9.53 Å². The molecule has 0 aromatic carbocycles. The summed E-state index contributed by atoms with van der Waals surface area (Å²) >= 11 is 1.68. The molecule has 0 radical (unpaired) electrons. The van der Waals surface area contributed by atoms with Crippen LogP contribution >= 0.6 is 11.3 Å². The zero-order valence-corrected chi connectivity index (χ0v) is 11.0. The van der Waals surface area contributed by atoms with Crippen molar-refractivity contribution in [2.75, 3.05) is 26.2 Å². The molecule has 1 unspecified atom stereocenters. The molecular weight excluding hydrogens is 234 g/mol. The Balaban J connectivity index is 1.79. The summed E-state index contributed by atoms with van der Waals surface area (Å²) in [6.45, 7) is 5.52. The van der Waals surface area contributed by atoms with E-state index in [1.807, 2.05) is 0 Å². The maximum atomic E-state index is 12.0. The molecule has 1 atom stereocenters. The number of nitrogens with zero attached hydrogens (tertiary/aromatic N) is 1. The van der Waals surface area contributed by atoms with Crippen molar-refractivity contribution >= 4 is 17.1 Å². The molecule has 1 fully saturated rings. The van der Waals surface area contributed by atoms with Crippen molar-refractivity contribution in [2.24, 2.45) is 0 Å². The molecule has 0 N–H and O–H groups in total. The summed E-state index contributed by atoms with van der Waals surface area (Å²) in [6.07, 6.45) is 1.23. The van der Waals surface area contributed by atoms with Crippen LogP contribution in [0.15, 0.2) is 16.8 Å². The fourth-order valence-corrected chi connectivity index (χ4v) is 2.75. The summed E-state index contributed by atoms with van der Waals surface area (Å²) in [5.74, 6) is 0.245. The quantitative estimate of drug-likeness (QED) is 0.803. The van der Waals surface area contributed by atoms with E-state index in [1.165, 1.54) is 5.56 Å². The maximum Gasteiger partial charge on any atom is 0.163 e. The van der Waals surface area contributed by atoms with Gasteiger partial charge in [-0.1, -0.05) is 6.92 Å². The number of carbonyl (C=O) groups excluding carboxylic acids is 1. The number of thiophene rings is 1. The number of hydrogen-bond acceptors (Lipinski definition) is 4. The molecule has 2 heterocycles. The fraction of sp³-hybridized carbons (Fsp3) is 0.615. The third-order valence-electron chi connectivity index (χ3n) is 3.20. The average molecular weight is 253 g/mol. The van der Waals surface area contributed by atoms with Gasteiger partial charge in [0.2, 0.25) is 0 Å². The van der Waals surface area contributed by atoms with Crippen LogP contribution in [0.5, 0.6) is 0 Å². The van der Waals surface area contributed by atoms with Gasteiger partial charge in [-0.2, -0.15) is 11.3 Å². The molecule has 1 aliphatic rings. The van der Waals surface area contributed by atoms with E-state index in [-0.39, 0.29) is 11.9 Å². The lowest BCUT2D eigenvalue weighted by Crippen LogP contribution is -2.45. The highest BCUT2D eigenvalue weighted by molar-refractivity contribution is 7.07. The van der Waals surface area contributed by atoms with Crippen molar-refractivity contribution in [3.63, 3.8) is 0 Å². The van der Waals surface area contributed by atoms with Crippen LogP contribution in [0.2, 0.25) is 0 Å². The number of hydrogen-bond donors (Lipinski definition) is 0. The van der Waals surface area contributed by atoms with Gasteiger partial charge in [-0.05, 0) is 35.4 Å². The molecule has 1 aliphatic heterocycles. The molecule has 17 heavy (non-hydrogen) atoms. The minimum atomic E-state index is -0.206. The zero-order valence-electron chi connectivity index (χ0n) is 10.2. The molecule has 0 aliphatic carbocycles. The summed E-state index contributed by atoms with van der Waals surface area (Å²) in [7, 11) is 0. The molecule has 94 valence electrons. The zero-order chi connectivity index (χ0) is 12.1. The van der Waals surface area contributed by atoms with Crippen LogP contribution in [0.25, 0.3) is 0 Å². The number of ketones is 1. The van der Waals surface area contributed by atoms with Crippen LogP contribution in [-0.2, 0) is 16.0 Å². The first-order chi connectivity index (χ1) is 8.29. The van der Waals surface area contributed by atoms with Crippen molar-refractivity contribution in [3.8, 4) is 0 Å². The number of aryl methyl sites for hydroxylation is 1. The van der Waals surface area contributed by atoms with Crippen molar-refractivity contribution in [2.45, 2.75) is 25.9 Å². The lowest BCUT2D eigenvalue weighted by molar-refractivity contribution is -0.136. The van der Waals surface area contributed by atoms with E-state index < -0.39 is 0 Å². The van der Waals surface area contributed by atoms with Gasteiger partial charge in [0.1, 0.15) is 6.10 Å². The van der Waals surface area contributed by atoms with Gasteiger partial charge in [0.05, 0.1) is 6.61 Å². The Morgan fingerprint density at radius 3 is 3.24 bits per heavy atom. The largest absolute Gasteiger partial charge is 0.368 e. The number of carbonyl (C=O) groups is 1. The highest BCUT2D eigenvalue weighted by Gasteiger charge is 2.25. The Morgan fingerprint density at radius 2 is 2.53 bits per heavy atom. The van der Waals surface area contributed by atoms with Crippen LogP contribution in [-0.4, -0.2) is 43.0 Å². The summed E-state index contributed by atoms with van der Waals surface area (Å²) in [6, 6.07) is 2.08. The Hall–Kier alpha value is -0.710. The molecule has 1 aromatic heterocycles. The highest BCUT2D eigenvalue weighted by Crippen LogP contribution is 2.12. The average Bonchev–Trinajstić information content (AvgIpc) is 2.89. The molecule has 0 bridgehead atoms. The number of rotatable bonds is 5. The molecule has 0 spiro atoms. The first-order valence-corrected chi connectivity index (χ1v) is 7.11. The monoisotopic (exact) mass is 253 g/mol. The molecule has 1 saturated heterocycles. The standard InChI is InChI=1S/C13H19NO2S/c1-2-14-6-7-16-13(9-14)12(15)4-3-11-5-8-17-10-11/h5,8,10,13H,2-4,6-7,9H2,1H3. The van der Waals surface area contributed by atoms with E-state index in [9.17, 15) is 4.79 Å². The smallest absolute Gasteiger partial charge is 0.163 e. The van der Waals surface area contributed by atoms with E-state index in [0.29, 0.717) is 13.0 Å². The van der Waals surface area contributed by atoms with Gasteiger partial charge in [-0.25, -0.2) is 0 Å². The number of likely N-dealkylation sites (N-methyl/N-ethyl adjacent to an activating group) is 1. The fourth-order valence-electron chi connectivity index (χ4n) is 2.05. The Labute approximate surface area is 106 Å². The molecule has 1 aromatic rings. The van der Waals surface area contributed by atoms with Gasteiger partial charge >= 0.3 is 0 Å². The number of ether oxygens (including phenoxy) is 1. The van der Waals surface area contributed by atoms with E-state index in [2.05, 4.69) is 28.7 Å². The topological polar surface area (TPSA) is 29.5 Å². The number of morpholine rings is 1. The van der Waals surface area contributed by atoms with Crippen molar-refractivity contribution in [1.82, 2.24) is 4.90 Å². The van der Waals surface area contributed by atoms with Crippen LogP contribution in [0.4, 0.5) is 0 Å². The highest BCUT2D eigenvalue weighted by atomic mass is 32.1. The predicted octanol–water partition coefficient (Wildman–Crippen LogP) is 1.97. The van der Waals surface area contributed by atoms with Gasteiger partial charge in [-0.15, -0.1) is 0 Å². The van der Waals surface area contributed by atoms with Crippen LogP contribution in [0.1, 0.15) is 18.9 Å². The second-order valence-corrected chi connectivity index (χ2v) is 5.13. The molecule has 3 nitrogen and oxygen atoms in total. The van der Waals surface area contributed by atoms with E-state index in [4.69, 9.17) is 4.74 Å². The van der Waals surface area contributed by atoms with Gasteiger partial charge in [0.25, 0.3) is 0 Å².